The maximum atomic E-state index is 11.7. The molecule has 3 rings (SSSR count). The van der Waals surface area contributed by atoms with E-state index in [-0.39, 0.29) is 11.4 Å². The fraction of sp³-hybridized carbons (Fsp3) is 0.611. The first-order chi connectivity index (χ1) is 10.6. The molecule has 1 amide bonds. The quantitative estimate of drug-likeness (QED) is 0.833. The second-order valence-electron chi connectivity index (χ2n) is 6.69. The summed E-state index contributed by atoms with van der Waals surface area (Å²) >= 11 is 0. The Morgan fingerprint density at radius 2 is 1.55 bits per heavy atom. The molecule has 0 saturated carbocycles. The van der Waals surface area contributed by atoms with Gasteiger partial charge in [-0.3, -0.25) is 9.69 Å². The third-order valence-corrected chi connectivity index (χ3v) is 5.46. The summed E-state index contributed by atoms with van der Waals surface area (Å²) in [5.74, 6) is 0.208. The third kappa shape index (κ3) is 2.90. The lowest BCUT2D eigenvalue weighted by Crippen LogP contribution is -2.58. The van der Waals surface area contributed by atoms with Crippen molar-refractivity contribution in [3.05, 3.63) is 35.9 Å². The Morgan fingerprint density at radius 1 is 0.955 bits per heavy atom. The summed E-state index contributed by atoms with van der Waals surface area (Å²) in [7, 11) is 2.20. The first-order valence-corrected chi connectivity index (χ1v) is 8.36. The van der Waals surface area contributed by atoms with E-state index in [1.54, 1.807) is 6.92 Å². The van der Waals surface area contributed by atoms with Gasteiger partial charge in [-0.25, -0.2) is 0 Å². The molecule has 120 valence electrons. The summed E-state index contributed by atoms with van der Waals surface area (Å²) in [5.41, 5.74) is 1.52. The van der Waals surface area contributed by atoms with Crippen molar-refractivity contribution < 1.29 is 4.79 Å². The minimum atomic E-state index is 0.106. The van der Waals surface area contributed by atoms with Crippen LogP contribution in [-0.4, -0.2) is 66.9 Å². The highest BCUT2D eigenvalue weighted by Crippen LogP contribution is 2.39. The second kappa shape index (κ2) is 6.39. The summed E-state index contributed by atoms with van der Waals surface area (Å²) in [6, 6.07) is 10.9. The summed E-state index contributed by atoms with van der Waals surface area (Å²) in [6.07, 6.45) is 2.08. The van der Waals surface area contributed by atoms with E-state index in [2.05, 4.69) is 47.2 Å². The van der Waals surface area contributed by atoms with Crippen LogP contribution in [0.3, 0.4) is 0 Å². The summed E-state index contributed by atoms with van der Waals surface area (Å²) in [6.45, 7) is 7.92. The highest BCUT2D eigenvalue weighted by Gasteiger charge is 2.42. The molecule has 2 aliphatic heterocycles. The molecule has 22 heavy (non-hydrogen) atoms. The number of benzene rings is 1. The molecule has 2 fully saturated rings. The molecule has 4 nitrogen and oxygen atoms in total. The normalized spacial score (nSPS) is 23.5. The molecule has 2 heterocycles. The first kappa shape index (κ1) is 15.5. The van der Waals surface area contributed by atoms with Crippen LogP contribution in [0.2, 0.25) is 0 Å². The maximum absolute atomic E-state index is 11.7. The van der Waals surface area contributed by atoms with Crippen LogP contribution in [0, 0.1) is 0 Å². The molecule has 0 aromatic heterocycles. The van der Waals surface area contributed by atoms with Gasteiger partial charge in [0.05, 0.1) is 0 Å². The van der Waals surface area contributed by atoms with Crippen molar-refractivity contribution >= 4 is 5.91 Å². The largest absolute Gasteiger partial charge is 0.343 e. The molecular formula is C18H27N3O. The Kier molecular flexibility index (Phi) is 4.50. The van der Waals surface area contributed by atoms with E-state index in [4.69, 9.17) is 0 Å². The van der Waals surface area contributed by atoms with Gasteiger partial charge in [-0.2, -0.15) is 0 Å². The number of hydrogen-bond acceptors (Lipinski definition) is 3. The van der Waals surface area contributed by atoms with Crippen LogP contribution >= 0.6 is 0 Å². The van der Waals surface area contributed by atoms with Crippen molar-refractivity contribution in [1.29, 1.82) is 0 Å². The van der Waals surface area contributed by atoms with Crippen LogP contribution in [0.15, 0.2) is 30.3 Å². The van der Waals surface area contributed by atoms with Crippen LogP contribution in [0.4, 0.5) is 0 Å². The average Bonchev–Trinajstić information content (AvgIpc) is 2.56. The average molecular weight is 301 g/mol. The molecule has 0 atom stereocenters. The highest BCUT2D eigenvalue weighted by molar-refractivity contribution is 5.73. The van der Waals surface area contributed by atoms with E-state index in [1.165, 1.54) is 5.56 Å². The van der Waals surface area contributed by atoms with E-state index in [0.29, 0.717) is 0 Å². The molecule has 0 spiro atoms. The van der Waals surface area contributed by atoms with Crippen LogP contribution in [-0.2, 0) is 10.3 Å². The molecule has 1 aromatic carbocycles. The van der Waals surface area contributed by atoms with Crippen molar-refractivity contribution in [1.82, 2.24) is 14.7 Å². The summed E-state index contributed by atoms with van der Waals surface area (Å²) < 4.78 is 0. The molecule has 0 N–H and O–H groups in total. The van der Waals surface area contributed by atoms with Crippen LogP contribution < -0.4 is 0 Å². The minimum absolute atomic E-state index is 0.106. The van der Waals surface area contributed by atoms with Crippen molar-refractivity contribution in [2.24, 2.45) is 0 Å². The van der Waals surface area contributed by atoms with E-state index in [0.717, 1.165) is 52.1 Å². The van der Waals surface area contributed by atoms with Crippen LogP contribution in [0.25, 0.3) is 0 Å². The number of piperidine rings is 1. The van der Waals surface area contributed by atoms with Gasteiger partial charge in [-0.15, -0.1) is 0 Å². The van der Waals surface area contributed by atoms with E-state index >= 15 is 0 Å². The Bertz CT molecular complexity index is 500. The van der Waals surface area contributed by atoms with Crippen molar-refractivity contribution in [2.45, 2.75) is 25.3 Å². The lowest BCUT2D eigenvalue weighted by atomic mass is 9.78. The summed E-state index contributed by atoms with van der Waals surface area (Å²) in [4.78, 5) is 18.7. The Morgan fingerprint density at radius 3 is 2.09 bits per heavy atom. The zero-order valence-electron chi connectivity index (χ0n) is 13.8. The van der Waals surface area contributed by atoms with Crippen molar-refractivity contribution in [2.75, 3.05) is 46.3 Å². The Labute approximate surface area is 133 Å². The zero-order chi connectivity index (χ0) is 15.6. The van der Waals surface area contributed by atoms with E-state index in [9.17, 15) is 4.79 Å². The molecule has 0 aliphatic carbocycles. The van der Waals surface area contributed by atoms with Gasteiger partial charge in [0.25, 0.3) is 0 Å². The SMILES string of the molecule is CC(=O)N1CCC(c2ccccc2)(N2CCN(C)CC2)CC1. The van der Waals surface area contributed by atoms with Gasteiger partial charge in [0, 0.05) is 51.7 Å². The fourth-order valence-electron chi connectivity index (χ4n) is 3.96. The van der Waals surface area contributed by atoms with E-state index < -0.39 is 0 Å². The van der Waals surface area contributed by atoms with Gasteiger partial charge in [0.15, 0.2) is 0 Å². The molecule has 0 unspecified atom stereocenters. The molecule has 2 aliphatic rings. The number of piperazine rings is 1. The van der Waals surface area contributed by atoms with Crippen molar-refractivity contribution in [3.63, 3.8) is 0 Å². The second-order valence-corrected chi connectivity index (χ2v) is 6.69. The van der Waals surface area contributed by atoms with Crippen LogP contribution in [0.1, 0.15) is 25.3 Å². The zero-order valence-corrected chi connectivity index (χ0v) is 13.8. The van der Waals surface area contributed by atoms with Gasteiger partial charge in [0.2, 0.25) is 5.91 Å². The third-order valence-electron chi connectivity index (χ3n) is 5.46. The lowest BCUT2D eigenvalue weighted by molar-refractivity contribution is -0.132. The van der Waals surface area contributed by atoms with Gasteiger partial charge in [0.1, 0.15) is 0 Å². The predicted molar refractivity (Wildman–Crippen MR) is 88.7 cm³/mol. The molecule has 2 saturated heterocycles. The molecule has 4 heteroatoms. The number of hydrogen-bond donors (Lipinski definition) is 0. The smallest absolute Gasteiger partial charge is 0.219 e. The minimum Gasteiger partial charge on any atom is -0.343 e. The van der Waals surface area contributed by atoms with Crippen LogP contribution in [0.5, 0.6) is 0 Å². The van der Waals surface area contributed by atoms with Gasteiger partial charge < -0.3 is 9.80 Å². The number of amides is 1. The molecule has 1 aromatic rings. The number of rotatable bonds is 2. The number of likely N-dealkylation sites (tertiary alicyclic amines) is 1. The standard InChI is InChI=1S/C18H27N3O/c1-16(22)20-10-8-18(9-11-20,17-6-4-3-5-7-17)21-14-12-19(2)13-15-21/h3-7H,8-15H2,1-2H3. The summed E-state index contributed by atoms with van der Waals surface area (Å²) in [5, 5.41) is 0. The molecule has 0 radical (unpaired) electrons. The fourth-order valence-corrected chi connectivity index (χ4v) is 3.96. The lowest BCUT2D eigenvalue weighted by Gasteiger charge is -2.51. The Balaban J connectivity index is 1.85. The van der Waals surface area contributed by atoms with Gasteiger partial charge in [-0.05, 0) is 25.5 Å². The number of carbonyl (C=O) groups is 1. The molecule has 0 bridgehead atoms. The first-order valence-electron chi connectivity index (χ1n) is 8.36. The topological polar surface area (TPSA) is 26.8 Å². The number of carbonyl (C=O) groups excluding carboxylic acids is 1. The predicted octanol–water partition coefficient (Wildman–Crippen LogP) is 1.77. The van der Waals surface area contributed by atoms with Gasteiger partial charge in [-0.1, -0.05) is 30.3 Å². The van der Waals surface area contributed by atoms with E-state index in [1.807, 2.05) is 4.90 Å². The monoisotopic (exact) mass is 301 g/mol. The number of nitrogens with zero attached hydrogens (tertiary/aromatic N) is 3. The Hall–Kier alpha value is -1.39. The van der Waals surface area contributed by atoms with Gasteiger partial charge >= 0.3 is 0 Å². The molecular weight excluding hydrogens is 274 g/mol. The van der Waals surface area contributed by atoms with Crippen molar-refractivity contribution in [3.8, 4) is 0 Å². The maximum Gasteiger partial charge on any atom is 0.219 e. The number of likely N-dealkylation sites (N-methyl/N-ethyl adjacent to an activating group) is 1. The highest BCUT2D eigenvalue weighted by atomic mass is 16.2.